The summed E-state index contributed by atoms with van der Waals surface area (Å²) in [6, 6.07) is 4.90. The normalized spacial score (nSPS) is 15.2. The minimum absolute atomic E-state index is 0.0496. The molecule has 10 heteroatoms. The first-order chi connectivity index (χ1) is 15.2. The number of carbonyl (C=O) groups is 1. The van der Waals surface area contributed by atoms with Gasteiger partial charge in [-0.3, -0.25) is 14.2 Å². The van der Waals surface area contributed by atoms with Gasteiger partial charge in [0.05, 0.1) is 17.0 Å². The minimum atomic E-state index is -2.92. The zero-order valence-electron chi connectivity index (χ0n) is 17.8. The van der Waals surface area contributed by atoms with E-state index in [2.05, 4.69) is 15.3 Å². The number of likely N-dealkylation sites (tertiary alicyclic amines) is 1. The quantitative estimate of drug-likeness (QED) is 0.650. The Bertz CT molecular complexity index is 1250. The fraction of sp³-hybridized carbons (Fsp3) is 0.364. The van der Waals surface area contributed by atoms with Crippen LogP contribution in [0.3, 0.4) is 0 Å². The van der Waals surface area contributed by atoms with Crippen molar-refractivity contribution >= 4 is 22.8 Å². The number of carbonyl (C=O) groups excluding carboxylic acids is 1. The molecular formula is C22H22F3N5O2. The summed E-state index contributed by atoms with van der Waals surface area (Å²) in [5.41, 5.74) is 0.130. The van der Waals surface area contributed by atoms with E-state index in [0.29, 0.717) is 35.5 Å². The number of fused-ring (bicyclic) bond motifs is 1. The molecule has 0 aliphatic carbocycles. The number of hydrogen-bond acceptors (Lipinski definition) is 5. The number of hydrogen-bond donors (Lipinski definition) is 1. The molecule has 1 amide bonds. The lowest BCUT2D eigenvalue weighted by Gasteiger charge is -2.38. The van der Waals surface area contributed by atoms with E-state index in [9.17, 15) is 22.8 Å². The third kappa shape index (κ3) is 3.69. The Morgan fingerprint density at radius 1 is 1.22 bits per heavy atom. The molecule has 0 bridgehead atoms. The maximum atomic E-state index is 14.6. The van der Waals surface area contributed by atoms with Gasteiger partial charge in [-0.1, -0.05) is 18.2 Å². The topological polar surface area (TPSA) is 80.1 Å². The highest BCUT2D eigenvalue weighted by Crippen LogP contribution is 2.31. The average molecular weight is 445 g/mol. The number of benzene rings is 1. The zero-order chi connectivity index (χ0) is 23.2. The van der Waals surface area contributed by atoms with Gasteiger partial charge in [-0.15, -0.1) is 0 Å². The number of alkyl halides is 2. The lowest BCUT2D eigenvalue weighted by molar-refractivity contribution is -0.133. The van der Waals surface area contributed by atoms with Crippen LogP contribution in [0.1, 0.15) is 48.9 Å². The molecule has 0 radical (unpaired) electrons. The second-order valence-electron chi connectivity index (χ2n) is 7.96. The summed E-state index contributed by atoms with van der Waals surface area (Å²) < 4.78 is 42.2. The van der Waals surface area contributed by atoms with Gasteiger partial charge in [0.15, 0.2) is 0 Å². The van der Waals surface area contributed by atoms with Crippen LogP contribution in [0.15, 0.2) is 35.4 Å². The van der Waals surface area contributed by atoms with Crippen molar-refractivity contribution in [1.82, 2.24) is 19.4 Å². The summed E-state index contributed by atoms with van der Waals surface area (Å²) >= 11 is 0. The van der Waals surface area contributed by atoms with Crippen molar-refractivity contribution in [2.24, 2.45) is 7.05 Å². The molecular weight excluding hydrogens is 423 g/mol. The van der Waals surface area contributed by atoms with Crippen molar-refractivity contribution < 1.29 is 18.0 Å². The summed E-state index contributed by atoms with van der Waals surface area (Å²) in [7, 11) is 1.60. The largest absolute Gasteiger partial charge is 0.363 e. The summed E-state index contributed by atoms with van der Waals surface area (Å²) in [4.78, 5) is 34.5. The molecule has 32 heavy (non-hydrogen) atoms. The van der Waals surface area contributed by atoms with E-state index in [1.165, 1.54) is 30.0 Å². The first kappa shape index (κ1) is 21.8. The van der Waals surface area contributed by atoms with E-state index < -0.39 is 23.8 Å². The van der Waals surface area contributed by atoms with Gasteiger partial charge in [-0.25, -0.2) is 23.1 Å². The first-order valence-corrected chi connectivity index (χ1v) is 10.1. The van der Waals surface area contributed by atoms with Crippen LogP contribution in [0.2, 0.25) is 0 Å². The van der Waals surface area contributed by atoms with Crippen molar-refractivity contribution in [2.45, 2.75) is 32.2 Å². The Labute approximate surface area is 181 Å². The fourth-order valence-corrected chi connectivity index (χ4v) is 3.99. The van der Waals surface area contributed by atoms with Crippen LogP contribution in [0.25, 0.3) is 11.0 Å². The third-order valence-electron chi connectivity index (χ3n) is 5.91. The molecule has 3 heterocycles. The number of aromatic nitrogens is 3. The molecule has 168 valence electrons. The Balaban J connectivity index is 1.72. The van der Waals surface area contributed by atoms with Gasteiger partial charge >= 0.3 is 0 Å². The molecule has 1 N–H and O–H groups in total. The number of amides is 1. The summed E-state index contributed by atoms with van der Waals surface area (Å²) in [5, 5.41) is 3.61. The average Bonchev–Trinajstić information content (AvgIpc) is 2.70. The van der Waals surface area contributed by atoms with E-state index in [1.54, 1.807) is 24.9 Å². The molecule has 0 spiro atoms. The number of nitrogens with one attached hydrogen (secondary N) is 1. The lowest BCUT2D eigenvalue weighted by atomic mass is 9.91. The van der Waals surface area contributed by atoms with Crippen molar-refractivity contribution in [3.8, 4) is 0 Å². The van der Waals surface area contributed by atoms with Crippen LogP contribution in [-0.4, -0.2) is 38.4 Å². The number of nitrogens with zero attached hydrogens (tertiary/aromatic N) is 4. The van der Waals surface area contributed by atoms with E-state index >= 15 is 0 Å². The molecule has 0 unspecified atom stereocenters. The van der Waals surface area contributed by atoms with Crippen LogP contribution in [0.5, 0.6) is 0 Å². The number of pyridine rings is 1. The van der Waals surface area contributed by atoms with Crippen LogP contribution in [0, 0.1) is 5.82 Å². The van der Waals surface area contributed by atoms with Crippen LogP contribution >= 0.6 is 0 Å². The first-order valence-electron chi connectivity index (χ1n) is 10.1. The second kappa shape index (κ2) is 8.25. The Hall–Kier alpha value is -3.43. The number of rotatable bonds is 5. The second-order valence-corrected chi connectivity index (χ2v) is 7.96. The highest BCUT2D eigenvalue weighted by Gasteiger charge is 2.32. The van der Waals surface area contributed by atoms with Gasteiger partial charge in [0, 0.05) is 44.1 Å². The van der Waals surface area contributed by atoms with E-state index in [0.717, 1.165) is 6.07 Å². The van der Waals surface area contributed by atoms with Crippen molar-refractivity contribution in [1.29, 1.82) is 0 Å². The van der Waals surface area contributed by atoms with E-state index in [-0.39, 0.29) is 22.9 Å². The van der Waals surface area contributed by atoms with Gasteiger partial charge in [0.2, 0.25) is 5.91 Å². The Kier molecular flexibility index (Phi) is 5.62. The Morgan fingerprint density at radius 3 is 2.56 bits per heavy atom. The highest BCUT2D eigenvalue weighted by molar-refractivity contribution is 5.87. The Morgan fingerprint density at radius 2 is 1.91 bits per heavy atom. The monoisotopic (exact) mass is 445 g/mol. The lowest BCUT2D eigenvalue weighted by Crippen LogP contribution is -2.49. The third-order valence-corrected chi connectivity index (χ3v) is 5.91. The summed E-state index contributed by atoms with van der Waals surface area (Å²) in [6.45, 7) is 4.03. The maximum absolute atomic E-state index is 14.6. The predicted molar refractivity (Wildman–Crippen MR) is 113 cm³/mol. The SMILES string of the molecule is CC(=O)N1CC(c2cc3c(N[C@H](C)c4cccc(C(F)F)c4F)ncnc3n(C)c2=O)C1. The molecule has 1 aliphatic rings. The molecule has 4 rings (SSSR count). The smallest absolute Gasteiger partial charge is 0.266 e. The van der Waals surface area contributed by atoms with Crippen LogP contribution in [0.4, 0.5) is 19.0 Å². The zero-order valence-corrected chi connectivity index (χ0v) is 17.8. The molecule has 1 saturated heterocycles. The molecule has 1 fully saturated rings. The molecule has 3 aromatic rings. The van der Waals surface area contributed by atoms with Crippen molar-refractivity contribution in [3.63, 3.8) is 0 Å². The fourth-order valence-electron chi connectivity index (χ4n) is 3.99. The molecule has 0 saturated carbocycles. The van der Waals surface area contributed by atoms with Gasteiger partial charge in [0.25, 0.3) is 12.0 Å². The minimum Gasteiger partial charge on any atom is -0.363 e. The number of aryl methyl sites for hydroxylation is 1. The highest BCUT2D eigenvalue weighted by atomic mass is 19.3. The number of halogens is 3. The van der Waals surface area contributed by atoms with Gasteiger partial charge in [-0.2, -0.15) is 0 Å². The van der Waals surface area contributed by atoms with Gasteiger partial charge < -0.3 is 10.2 Å². The maximum Gasteiger partial charge on any atom is 0.266 e. The molecule has 7 nitrogen and oxygen atoms in total. The van der Waals surface area contributed by atoms with Gasteiger partial charge in [0.1, 0.15) is 23.6 Å². The molecule has 1 aromatic carbocycles. The molecule has 1 aliphatic heterocycles. The summed E-state index contributed by atoms with van der Waals surface area (Å²) in [6.07, 6.45) is -1.64. The van der Waals surface area contributed by atoms with Gasteiger partial charge in [-0.05, 0) is 13.0 Å². The molecule has 1 atom stereocenters. The van der Waals surface area contributed by atoms with Crippen LogP contribution in [-0.2, 0) is 11.8 Å². The number of anilines is 1. The molecule has 2 aromatic heterocycles. The van der Waals surface area contributed by atoms with Crippen LogP contribution < -0.4 is 10.9 Å². The summed E-state index contributed by atoms with van der Waals surface area (Å²) in [5.74, 6) is -0.768. The van der Waals surface area contributed by atoms with E-state index in [1.807, 2.05) is 0 Å². The van der Waals surface area contributed by atoms with Crippen molar-refractivity contribution in [2.75, 3.05) is 18.4 Å². The van der Waals surface area contributed by atoms with E-state index in [4.69, 9.17) is 0 Å². The predicted octanol–water partition coefficient (Wildman–Crippen LogP) is 3.52. The van der Waals surface area contributed by atoms with Crippen molar-refractivity contribution in [3.05, 3.63) is 63.5 Å². The standard InChI is InChI=1S/C22H22F3N5O2/c1-11(14-5-4-6-15(18(14)23)19(24)25)28-20-17-7-16(13-8-30(9-13)12(2)31)22(32)29(3)21(17)27-10-26-20/h4-7,10-11,13,19H,8-9H2,1-3H3,(H,26,27,28)/t11-/m1/s1.